The average Bonchev–Trinajstić information content (AvgIpc) is 3.46. The molecule has 0 saturated heterocycles. The second kappa shape index (κ2) is 8.37. The molecule has 1 aliphatic rings. The van der Waals surface area contributed by atoms with E-state index in [1.807, 2.05) is 0 Å². The Morgan fingerprint density at radius 2 is 1.93 bits per heavy atom. The summed E-state index contributed by atoms with van der Waals surface area (Å²) in [6.45, 7) is -0.540. The zero-order valence-electron chi connectivity index (χ0n) is 14.0. The van der Waals surface area contributed by atoms with Crippen molar-refractivity contribution < 1.29 is 19.1 Å². The van der Waals surface area contributed by atoms with E-state index in [9.17, 15) is 14.4 Å². The number of pyridine rings is 1. The lowest BCUT2D eigenvalue weighted by Crippen LogP contribution is -2.25. The number of esters is 1. The zero-order chi connectivity index (χ0) is 19.4. The third-order valence-corrected chi connectivity index (χ3v) is 4.18. The predicted octanol–water partition coefficient (Wildman–Crippen LogP) is 3.08. The van der Waals surface area contributed by atoms with Gasteiger partial charge in [-0.25, -0.2) is 9.78 Å². The van der Waals surface area contributed by atoms with Crippen LogP contribution in [0.25, 0.3) is 0 Å². The van der Waals surface area contributed by atoms with E-state index in [1.54, 1.807) is 24.3 Å². The van der Waals surface area contributed by atoms with Gasteiger partial charge in [0.15, 0.2) is 12.3 Å². The highest BCUT2D eigenvalue weighted by Crippen LogP contribution is 2.20. The number of carbonyl (C=O) groups is 3. The van der Waals surface area contributed by atoms with Gasteiger partial charge in [-0.15, -0.1) is 0 Å². The van der Waals surface area contributed by atoms with Gasteiger partial charge in [-0.3, -0.25) is 9.59 Å². The molecule has 1 saturated carbocycles. The molecule has 0 spiro atoms. The maximum atomic E-state index is 12.0. The van der Waals surface area contributed by atoms with Crippen molar-refractivity contribution in [1.82, 2.24) is 10.3 Å². The molecule has 1 heterocycles. The van der Waals surface area contributed by atoms with Gasteiger partial charge in [0, 0.05) is 17.3 Å². The maximum absolute atomic E-state index is 12.0. The summed E-state index contributed by atoms with van der Waals surface area (Å²) in [5, 5.41) is 5.58. The fourth-order valence-corrected chi connectivity index (χ4v) is 2.52. The van der Waals surface area contributed by atoms with Gasteiger partial charge >= 0.3 is 5.97 Å². The van der Waals surface area contributed by atoms with E-state index in [0.29, 0.717) is 11.3 Å². The minimum atomic E-state index is -0.866. The molecular formula is C18H15Cl2N3O4. The van der Waals surface area contributed by atoms with E-state index < -0.39 is 18.5 Å². The first-order chi connectivity index (χ1) is 12.9. The third kappa shape index (κ3) is 5.42. The summed E-state index contributed by atoms with van der Waals surface area (Å²) >= 11 is 11.6. The molecule has 0 bridgehead atoms. The molecule has 0 aliphatic heterocycles. The maximum Gasteiger partial charge on any atom is 0.359 e. The van der Waals surface area contributed by atoms with Crippen LogP contribution in [0.2, 0.25) is 10.2 Å². The van der Waals surface area contributed by atoms with Crippen LogP contribution in [0.3, 0.4) is 0 Å². The van der Waals surface area contributed by atoms with Crippen molar-refractivity contribution in [2.75, 3.05) is 11.9 Å². The molecule has 1 aliphatic carbocycles. The van der Waals surface area contributed by atoms with Crippen LogP contribution in [0.1, 0.15) is 33.7 Å². The number of benzene rings is 1. The molecule has 2 N–H and O–H groups in total. The first-order valence-corrected chi connectivity index (χ1v) is 8.88. The van der Waals surface area contributed by atoms with Crippen LogP contribution in [0, 0.1) is 0 Å². The SMILES string of the molecule is O=C(COC(=O)c1nc(Cl)ccc1Cl)Nc1cccc(C(=O)NC2CC2)c1. The van der Waals surface area contributed by atoms with E-state index in [-0.39, 0.29) is 27.8 Å². The van der Waals surface area contributed by atoms with Crippen LogP contribution in [0.5, 0.6) is 0 Å². The van der Waals surface area contributed by atoms with Crippen molar-refractivity contribution in [3.05, 3.63) is 57.8 Å². The quantitative estimate of drug-likeness (QED) is 0.566. The average molecular weight is 408 g/mol. The van der Waals surface area contributed by atoms with Crippen molar-refractivity contribution in [1.29, 1.82) is 0 Å². The number of ether oxygens (including phenoxy) is 1. The smallest absolute Gasteiger partial charge is 0.359 e. The minimum Gasteiger partial charge on any atom is -0.451 e. The Morgan fingerprint density at radius 3 is 2.67 bits per heavy atom. The van der Waals surface area contributed by atoms with Gasteiger partial charge in [0.1, 0.15) is 5.15 Å². The van der Waals surface area contributed by atoms with Crippen molar-refractivity contribution >= 4 is 46.7 Å². The monoisotopic (exact) mass is 407 g/mol. The zero-order valence-corrected chi connectivity index (χ0v) is 15.5. The molecule has 1 aromatic heterocycles. The molecule has 2 aromatic rings. The van der Waals surface area contributed by atoms with Crippen LogP contribution in [-0.4, -0.2) is 35.4 Å². The van der Waals surface area contributed by atoms with Crippen molar-refractivity contribution in [2.24, 2.45) is 0 Å². The molecule has 0 atom stereocenters. The Morgan fingerprint density at radius 1 is 1.15 bits per heavy atom. The Kier molecular flexibility index (Phi) is 5.93. The lowest BCUT2D eigenvalue weighted by molar-refractivity contribution is -0.119. The van der Waals surface area contributed by atoms with Crippen molar-refractivity contribution in [3.8, 4) is 0 Å². The number of halogens is 2. The van der Waals surface area contributed by atoms with Crippen LogP contribution in [0.15, 0.2) is 36.4 Å². The van der Waals surface area contributed by atoms with E-state index in [4.69, 9.17) is 27.9 Å². The summed E-state index contributed by atoms with van der Waals surface area (Å²) in [6, 6.07) is 9.56. The first-order valence-electron chi connectivity index (χ1n) is 8.12. The Labute approximate surface area is 165 Å². The molecule has 0 radical (unpaired) electrons. The predicted molar refractivity (Wildman–Crippen MR) is 100 cm³/mol. The highest BCUT2D eigenvalue weighted by atomic mass is 35.5. The number of hydrogen-bond acceptors (Lipinski definition) is 5. The summed E-state index contributed by atoms with van der Waals surface area (Å²) < 4.78 is 4.90. The highest BCUT2D eigenvalue weighted by Gasteiger charge is 2.24. The molecule has 1 fully saturated rings. The molecule has 2 amide bonds. The summed E-state index contributed by atoms with van der Waals surface area (Å²) in [5.74, 6) is -1.63. The first kappa shape index (κ1) is 19.1. The number of amides is 2. The largest absolute Gasteiger partial charge is 0.451 e. The molecule has 9 heteroatoms. The van der Waals surface area contributed by atoms with Crippen LogP contribution in [0.4, 0.5) is 5.69 Å². The normalized spacial score (nSPS) is 13.0. The van der Waals surface area contributed by atoms with Gasteiger partial charge in [-0.05, 0) is 43.2 Å². The number of anilines is 1. The summed E-state index contributed by atoms with van der Waals surface area (Å²) in [7, 11) is 0. The fourth-order valence-electron chi connectivity index (χ4n) is 2.19. The number of nitrogens with one attached hydrogen (secondary N) is 2. The molecule has 27 heavy (non-hydrogen) atoms. The lowest BCUT2D eigenvalue weighted by Gasteiger charge is -2.09. The van der Waals surface area contributed by atoms with E-state index >= 15 is 0 Å². The molecule has 0 unspecified atom stereocenters. The number of carbonyl (C=O) groups excluding carboxylic acids is 3. The second-order valence-electron chi connectivity index (χ2n) is 5.92. The fraction of sp³-hybridized carbons (Fsp3) is 0.222. The summed E-state index contributed by atoms with van der Waals surface area (Å²) in [6.07, 6.45) is 1.97. The van der Waals surface area contributed by atoms with Gasteiger partial charge in [0.05, 0.1) is 5.02 Å². The van der Waals surface area contributed by atoms with Gasteiger partial charge in [-0.2, -0.15) is 0 Å². The second-order valence-corrected chi connectivity index (χ2v) is 6.71. The molecular weight excluding hydrogens is 393 g/mol. The van der Waals surface area contributed by atoms with E-state index in [1.165, 1.54) is 12.1 Å². The van der Waals surface area contributed by atoms with Crippen LogP contribution in [-0.2, 0) is 9.53 Å². The van der Waals surface area contributed by atoms with Crippen LogP contribution >= 0.6 is 23.2 Å². The molecule has 140 valence electrons. The summed E-state index contributed by atoms with van der Waals surface area (Å²) in [5.41, 5.74) is 0.681. The van der Waals surface area contributed by atoms with Gasteiger partial charge in [-0.1, -0.05) is 29.3 Å². The Bertz CT molecular complexity index is 900. The lowest BCUT2D eigenvalue weighted by atomic mass is 10.2. The molecule has 7 nitrogen and oxygen atoms in total. The van der Waals surface area contributed by atoms with Crippen LogP contribution < -0.4 is 10.6 Å². The third-order valence-electron chi connectivity index (χ3n) is 3.66. The Balaban J connectivity index is 1.55. The molecule has 1 aromatic carbocycles. The van der Waals surface area contributed by atoms with E-state index in [0.717, 1.165) is 12.8 Å². The number of aromatic nitrogens is 1. The number of nitrogens with zero attached hydrogens (tertiary/aromatic N) is 1. The highest BCUT2D eigenvalue weighted by molar-refractivity contribution is 6.34. The summed E-state index contributed by atoms with van der Waals surface area (Å²) in [4.78, 5) is 39.8. The van der Waals surface area contributed by atoms with Gasteiger partial charge in [0.2, 0.25) is 0 Å². The number of hydrogen-bond donors (Lipinski definition) is 2. The Hall–Kier alpha value is -2.64. The minimum absolute atomic E-state index is 0.0687. The van der Waals surface area contributed by atoms with Crippen molar-refractivity contribution in [3.63, 3.8) is 0 Å². The standard InChI is InChI=1S/C18H15Cl2N3O4/c19-13-6-7-14(20)23-16(13)18(26)27-9-15(24)21-12-3-1-2-10(8-12)17(25)22-11-4-5-11/h1-3,6-8,11H,4-5,9H2,(H,21,24)(H,22,25). The number of rotatable bonds is 6. The van der Waals surface area contributed by atoms with Gasteiger partial charge < -0.3 is 15.4 Å². The van der Waals surface area contributed by atoms with E-state index in [2.05, 4.69) is 15.6 Å². The van der Waals surface area contributed by atoms with Crippen molar-refractivity contribution in [2.45, 2.75) is 18.9 Å². The van der Waals surface area contributed by atoms with Gasteiger partial charge in [0.25, 0.3) is 11.8 Å². The topological polar surface area (TPSA) is 97.4 Å². The molecule has 3 rings (SSSR count).